The number of phenolic OH excluding ortho intramolecular Hbond substituents is 1. The summed E-state index contributed by atoms with van der Waals surface area (Å²) >= 11 is 1.98. The van der Waals surface area contributed by atoms with Gasteiger partial charge in [0, 0.05) is 6.42 Å². The molecule has 0 heterocycles. The minimum absolute atomic E-state index is 0.188. The third-order valence-electron chi connectivity index (χ3n) is 2.07. The largest absolute Gasteiger partial charge is 0.507 e. The lowest BCUT2D eigenvalue weighted by Gasteiger charge is -2.19. The van der Waals surface area contributed by atoms with Gasteiger partial charge in [0.1, 0.15) is 11.3 Å². The zero-order chi connectivity index (χ0) is 11.6. The fraction of sp³-hybridized carbons (Fsp3) is 0.300. The lowest BCUT2D eigenvalue weighted by atomic mass is 9.94. The summed E-state index contributed by atoms with van der Waals surface area (Å²) in [5.41, 5.74) is 5.13. The van der Waals surface area contributed by atoms with Gasteiger partial charge in [-0.2, -0.15) is 0 Å². The third-order valence-corrected chi connectivity index (χ3v) is 2.94. The van der Waals surface area contributed by atoms with Gasteiger partial charge in [-0.25, -0.2) is 0 Å². The number of aliphatic carboxylic acids is 1. The van der Waals surface area contributed by atoms with E-state index in [2.05, 4.69) is 0 Å². The van der Waals surface area contributed by atoms with Crippen molar-refractivity contribution in [3.05, 3.63) is 27.3 Å². The first-order chi connectivity index (χ1) is 6.83. The molecule has 4 nitrogen and oxygen atoms in total. The van der Waals surface area contributed by atoms with Crippen molar-refractivity contribution < 1.29 is 15.0 Å². The number of carboxylic acids is 1. The summed E-state index contributed by atoms with van der Waals surface area (Å²) < 4.78 is 0.686. The monoisotopic (exact) mass is 319 g/mol. The molecule has 4 N–H and O–H groups in total. The topological polar surface area (TPSA) is 83.5 Å². The molecule has 0 saturated carbocycles. The van der Waals surface area contributed by atoms with Gasteiger partial charge in [-0.1, -0.05) is 6.07 Å². The molecule has 15 heavy (non-hydrogen) atoms. The second-order valence-electron chi connectivity index (χ2n) is 3.69. The zero-order valence-corrected chi connectivity index (χ0v) is 10.4. The van der Waals surface area contributed by atoms with E-state index in [4.69, 9.17) is 10.8 Å². The Labute approximate surface area is 101 Å². The Morgan fingerprint density at radius 2 is 2.20 bits per heavy atom. The summed E-state index contributed by atoms with van der Waals surface area (Å²) in [6, 6.07) is 4.94. The molecule has 0 aromatic heterocycles. The molecule has 5 heteroatoms. The summed E-state index contributed by atoms with van der Waals surface area (Å²) in [4.78, 5) is 10.8. The van der Waals surface area contributed by atoms with E-state index in [9.17, 15) is 9.90 Å². The van der Waals surface area contributed by atoms with Crippen molar-refractivity contribution in [3.63, 3.8) is 0 Å². The molecule has 0 amide bonds. The number of benzene rings is 1. The van der Waals surface area contributed by atoms with Crippen molar-refractivity contribution in [3.8, 4) is 5.75 Å². The number of hydrogen-bond donors (Lipinski definition) is 3. The number of phenols is 1. The van der Waals surface area contributed by atoms with Crippen LogP contribution in [0.1, 0.15) is 12.5 Å². The number of carboxylic acid groups (broad SMARTS) is 1. The second-order valence-corrected chi connectivity index (χ2v) is 4.85. The van der Waals surface area contributed by atoms with Gasteiger partial charge in [0.2, 0.25) is 0 Å². The minimum atomic E-state index is -1.28. The molecule has 1 atom stereocenters. The smallest absolute Gasteiger partial charge is 0.323 e. The van der Waals surface area contributed by atoms with Gasteiger partial charge in [0.05, 0.1) is 3.57 Å². The van der Waals surface area contributed by atoms with Crippen LogP contribution in [0.5, 0.6) is 5.75 Å². The van der Waals surface area contributed by atoms with Gasteiger partial charge in [0.25, 0.3) is 0 Å². The second kappa shape index (κ2) is 4.36. The van der Waals surface area contributed by atoms with Crippen LogP contribution in [-0.4, -0.2) is 21.7 Å². The summed E-state index contributed by atoms with van der Waals surface area (Å²) in [7, 11) is 0. The zero-order valence-electron chi connectivity index (χ0n) is 8.20. The summed E-state index contributed by atoms with van der Waals surface area (Å²) in [5, 5.41) is 18.1. The van der Waals surface area contributed by atoms with Gasteiger partial charge in [-0.15, -0.1) is 0 Å². The van der Waals surface area contributed by atoms with Crippen molar-refractivity contribution in [1.82, 2.24) is 0 Å². The summed E-state index contributed by atoms with van der Waals surface area (Å²) in [6.07, 6.45) is 0.235. The fourth-order valence-electron chi connectivity index (χ4n) is 1.16. The molecular weight excluding hydrogens is 307 g/mol. The Balaban J connectivity index is 2.91. The van der Waals surface area contributed by atoms with Crippen molar-refractivity contribution in [2.75, 3.05) is 0 Å². The highest BCUT2D eigenvalue weighted by atomic mass is 125. The van der Waals surface area contributed by atoms with Crippen LogP contribution in [0.3, 0.4) is 0 Å². The SMILES string of the molecule is C[C@](N)(Cc1ccc(O)c([125I])c1)C(=O)O. The van der Waals surface area contributed by atoms with E-state index in [-0.39, 0.29) is 12.2 Å². The average Bonchev–Trinajstić information content (AvgIpc) is 2.10. The molecule has 0 saturated heterocycles. The molecule has 0 unspecified atom stereocenters. The van der Waals surface area contributed by atoms with Crippen LogP contribution in [0.25, 0.3) is 0 Å². The van der Waals surface area contributed by atoms with E-state index < -0.39 is 11.5 Å². The number of halogens is 1. The molecular formula is C10H12INO3. The average molecular weight is 319 g/mol. The van der Waals surface area contributed by atoms with E-state index in [1.54, 1.807) is 12.1 Å². The predicted octanol–water partition coefficient (Wildman–Crippen LogP) is 1.34. The van der Waals surface area contributed by atoms with Crippen molar-refractivity contribution in [2.24, 2.45) is 5.73 Å². The Bertz CT molecular complexity index is 390. The number of rotatable bonds is 3. The predicted molar refractivity (Wildman–Crippen MR) is 64.8 cm³/mol. The fourth-order valence-corrected chi connectivity index (χ4v) is 1.74. The Morgan fingerprint density at radius 1 is 1.60 bits per heavy atom. The first-order valence-corrected chi connectivity index (χ1v) is 5.40. The van der Waals surface area contributed by atoms with E-state index in [1.165, 1.54) is 13.0 Å². The Morgan fingerprint density at radius 3 is 2.67 bits per heavy atom. The first-order valence-electron chi connectivity index (χ1n) is 4.32. The molecule has 0 radical (unpaired) electrons. The van der Waals surface area contributed by atoms with Crippen LogP contribution in [0.4, 0.5) is 0 Å². The van der Waals surface area contributed by atoms with Gasteiger partial charge in [-0.05, 0) is 47.2 Å². The van der Waals surface area contributed by atoms with Crippen molar-refractivity contribution in [2.45, 2.75) is 18.9 Å². The van der Waals surface area contributed by atoms with E-state index in [1.807, 2.05) is 22.6 Å². The molecule has 1 rings (SSSR count). The summed E-state index contributed by atoms with van der Waals surface area (Å²) in [6.45, 7) is 1.47. The van der Waals surface area contributed by atoms with Crippen LogP contribution < -0.4 is 5.73 Å². The van der Waals surface area contributed by atoms with Crippen LogP contribution in [0.2, 0.25) is 0 Å². The third kappa shape index (κ3) is 3.07. The maximum atomic E-state index is 10.8. The first kappa shape index (κ1) is 12.3. The lowest BCUT2D eigenvalue weighted by molar-refractivity contribution is -0.142. The maximum absolute atomic E-state index is 10.8. The highest BCUT2D eigenvalue weighted by molar-refractivity contribution is 14.1. The van der Waals surface area contributed by atoms with Gasteiger partial charge >= 0.3 is 5.97 Å². The molecule has 82 valence electrons. The van der Waals surface area contributed by atoms with Gasteiger partial charge < -0.3 is 15.9 Å². The van der Waals surface area contributed by atoms with Crippen LogP contribution >= 0.6 is 22.6 Å². The molecule has 0 aliphatic carbocycles. The van der Waals surface area contributed by atoms with Crippen molar-refractivity contribution >= 4 is 28.6 Å². The molecule has 1 aromatic carbocycles. The van der Waals surface area contributed by atoms with Crippen molar-refractivity contribution in [1.29, 1.82) is 0 Å². The standard InChI is InChI=1S/C10H12INO3/c1-10(12,9(14)15)5-6-2-3-8(13)7(11)4-6/h2-4,13H,5,12H2,1H3,(H,14,15)/t10-/m0/s1/i11-2. The van der Waals surface area contributed by atoms with Gasteiger partial charge in [-0.3, -0.25) is 4.79 Å². The minimum Gasteiger partial charge on any atom is -0.507 e. The maximum Gasteiger partial charge on any atom is 0.323 e. The Kier molecular flexibility index (Phi) is 3.56. The quantitative estimate of drug-likeness (QED) is 0.734. The number of nitrogens with two attached hydrogens (primary N) is 1. The Hall–Kier alpha value is -0.820. The van der Waals surface area contributed by atoms with Gasteiger partial charge in [0.15, 0.2) is 0 Å². The number of hydrogen-bond acceptors (Lipinski definition) is 3. The highest BCUT2D eigenvalue weighted by Gasteiger charge is 2.28. The normalized spacial score (nSPS) is 14.6. The summed E-state index contributed by atoms with van der Waals surface area (Å²) in [5.74, 6) is -0.848. The highest BCUT2D eigenvalue weighted by Crippen LogP contribution is 2.22. The van der Waals surface area contributed by atoms with E-state index in [0.717, 1.165) is 5.56 Å². The van der Waals surface area contributed by atoms with E-state index >= 15 is 0 Å². The van der Waals surface area contributed by atoms with Crippen LogP contribution in [0.15, 0.2) is 18.2 Å². The van der Waals surface area contributed by atoms with E-state index in [0.29, 0.717) is 3.57 Å². The van der Waals surface area contributed by atoms with Crippen LogP contribution in [-0.2, 0) is 11.2 Å². The molecule has 0 spiro atoms. The van der Waals surface area contributed by atoms with Crippen LogP contribution in [0, 0.1) is 3.57 Å². The molecule has 0 fully saturated rings. The number of carbonyl (C=O) groups is 1. The molecule has 0 aliphatic rings. The number of aromatic hydroxyl groups is 1. The molecule has 0 aliphatic heterocycles. The molecule has 0 bridgehead atoms. The lowest BCUT2D eigenvalue weighted by Crippen LogP contribution is -2.46. The molecule has 1 aromatic rings.